The van der Waals surface area contributed by atoms with E-state index < -0.39 is 0 Å². The molecule has 0 radical (unpaired) electrons. The second-order valence-corrected chi connectivity index (χ2v) is 8.16. The number of carbonyl (C=O) groups is 2. The van der Waals surface area contributed by atoms with Gasteiger partial charge in [-0.1, -0.05) is 18.2 Å². The minimum atomic E-state index is 0. The van der Waals surface area contributed by atoms with Crippen molar-refractivity contribution in [3.05, 3.63) is 30.3 Å². The number of benzene rings is 1. The van der Waals surface area contributed by atoms with E-state index in [0.29, 0.717) is 18.9 Å². The number of hydrogen-bond acceptors (Lipinski definition) is 4. The average molecular weight is 542 g/mol. The summed E-state index contributed by atoms with van der Waals surface area (Å²) >= 11 is 0. The number of nitrogens with one attached hydrogen (secondary N) is 2. The molecule has 1 aromatic carbocycles. The summed E-state index contributed by atoms with van der Waals surface area (Å²) in [5.74, 6) is 1.04. The van der Waals surface area contributed by atoms with Gasteiger partial charge in [-0.05, 0) is 37.9 Å². The molecule has 9 heteroatoms. The van der Waals surface area contributed by atoms with E-state index in [2.05, 4.69) is 20.5 Å². The van der Waals surface area contributed by atoms with E-state index in [9.17, 15) is 9.59 Å². The lowest BCUT2D eigenvalue weighted by Gasteiger charge is -2.26. The fraction of sp³-hybridized carbons (Fsp3) is 0.591. The van der Waals surface area contributed by atoms with Crippen molar-refractivity contribution in [3.63, 3.8) is 0 Å². The first-order chi connectivity index (χ1) is 14.5. The number of amides is 2. The highest BCUT2D eigenvalue weighted by atomic mass is 127. The van der Waals surface area contributed by atoms with Crippen LogP contribution in [0.3, 0.4) is 0 Å². The minimum absolute atomic E-state index is 0. The number of para-hydroxylation sites is 1. The van der Waals surface area contributed by atoms with Gasteiger partial charge in [0, 0.05) is 52.9 Å². The Balaban J connectivity index is 0.00000341. The van der Waals surface area contributed by atoms with Gasteiger partial charge in [-0.3, -0.25) is 19.5 Å². The summed E-state index contributed by atoms with van der Waals surface area (Å²) in [5, 5.41) is 6.71. The summed E-state index contributed by atoms with van der Waals surface area (Å²) in [5.41, 5.74) is 0.933. The Hall–Kier alpha value is -1.88. The maximum atomic E-state index is 12.4. The third-order valence-electron chi connectivity index (χ3n) is 5.76. The standard InChI is InChI=1S/C22H34N6O2.HI/c1-23-22(24-12-8-14-27-13-7-11-19(27)21(30)26(2)3)25-17-15-20(29)28(16-17)18-9-5-4-6-10-18;/h4-6,9-10,17,19H,7-8,11-16H2,1-3H3,(H2,23,24,25);1H. The Morgan fingerprint density at radius 2 is 2.00 bits per heavy atom. The number of aliphatic imine (C=N–C) groups is 1. The van der Waals surface area contributed by atoms with Crippen molar-refractivity contribution in [1.29, 1.82) is 0 Å². The molecule has 0 saturated carbocycles. The normalized spacial score (nSPS) is 21.7. The zero-order valence-corrected chi connectivity index (χ0v) is 21.0. The number of halogens is 1. The van der Waals surface area contributed by atoms with E-state index in [0.717, 1.165) is 44.6 Å². The van der Waals surface area contributed by atoms with Gasteiger partial charge in [-0.15, -0.1) is 24.0 Å². The van der Waals surface area contributed by atoms with Crippen LogP contribution in [0.15, 0.2) is 35.3 Å². The fourth-order valence-electron chi connectivity index (χ4n) is 4.21. The molecule has 2 N–H and O–H groups in total. The van der Waals surface area contributed by atoms with E-state index in [1.807, 2.05) is 49.3 Å². The molecule has 0 aliphatic carbocycles. The number of nitrogens with zero attached hydrogens (tertiary/aromatic N) is 4. The van der Waals surface area contributed by atoms with E-state index in [1.165, 1.54) is 0 Å². The van der Waals surface area contributed by atoms with Gasteiger partial charge in [0.05, 0.1) is 12.1 Å². The molecule has 2 atom stereocenters. The highest BCUT2D eigenvalue weighted by Gasteiger charge is 2.32. The molecule has 31 heavy (non-hydrogen) atoms. The number of likely N-dealkylation sites (tertiary alicyclic amines) is 1. The quantitative estimate of drug-likeness (QED) is 0.237. The number of anilines is 1. The molecule has 0 aromatic heterocycles. The molecule has 8 nitrogen and oxygen atoms in total. The van der Waals surface area contributed by atoms with Crippen LogP contribution in [0.1, 0.15) is 25.7 Å². The number of rotatable bonds is 7. The van der Waals surface area contributed by atoms with Crippen LogP contribution in [0.25, 0.3) is 0 Å². The number of hydrogen-bond donors (Lipinski definition) is 2. The van der Waals surface area contributed by atoms with Gasteiger partial charge in [-0.2, -0.15) is 0 Å². The van der Waals surface area contributed by atoms with Crippen molar-refractivity contribution in [1.82, 2.24) is 20.4 Å². The molecule has 3 rings (SSSR count). The third-order valence-corrected chi connectivity index (χ3v) is 5.76. The summed E-state index contributed by atoms with van der Waals surface area (Å²) in [6.45, 7) is 3.27. The van der Waals surface area contributed by atoms with Crippen molar-refractivity contribution < 1.29 is 9.59 Å². The molecule has 2 amide bonds. The van der Waals surface area contributed by atoms with Crippen LogP contribution in [0.2, 0.25) is 0 Å². The third kappa shape index (κ3) is 6.80. The number of guanidine groups is 1. The van der Waals surface area contributed by atoms with Crippen molar-refractivity contribution in [2.24, 2.45) is 4.99 Å². The molecular weight excluding hydrogens is 507 g/mol. The molecule has 172 valence electrons. The van der Waals surface area contributed by atoms with Gasteiger partial charge in [0.1, 0.15) is 0 Å². The van der Waals surface area contributed by atoms with Crippen LogP contribution in [0.5, 0.6) is 0 Å². The van der Waals surface area contributed by atoms with E-state index in [4.69, 9.17) is 0 Å². The Morgan fingerprint density at radius 1 is 1.26 bits per heavy atom. The highest BCUT2D eigenvalue weighted by Crippen LogP contribution is 2.21. The predicted molar refractivity (Wildman–Crippen MR) is 135 cm³/mol. The Kier molecular flexibility index (Phi) is 10.0. The van der Waals surface area contributed by atoms with Crippen molar-refractivity contribution in [2.75, 3.05) is 52.2 Å². The summed E-state index contributed by atoms with van der Waals surface area (Å²) in [7, 11) is 5.39. The van der Waals surface area contributed by atoms with Gasteiger partial charge < -0.3 is 20.4 Å². The fourth-order valence-corrected chi connectivity index (χ4v) is 4.21. The summed E-state index contributed by atoms with van der Waals surface area (Å²) in [4.78, 5) is 34.8. The second kappa shape index (κ2) is 12.2. The van der Waals surface area contributed by atoms with Gasteiger partial charge in [0.2, 0.25) is 11.8 Å². The molecule has 2 unspecified atom stereocenters. The van der Waals surface area contributed by atoms with E-state index >= 15 is 0 Å². The zero-order chi connectivity index (χ0) is 21.5. The van der Waals surface area contributed by atoms with Gasteiger partial charge in [0.25, 0.3) is 0 Å². The van der Waals surface area contributed by atoms with Gasteiger partial charge in [-0.25, -0.2) is 0 Å². The first kappa shape index (κ1) is 25.4. The van der Waals surface area contributed by atoms with Crippen LogP contribution in [-0.2, 0) is 9.59 Å². The summed E-state index contributed by atoms with van der Waals surface area (Å²) in [6.07, 6.45) is 3.41. The van der Waals surface area contributed by atoms with Gasteiger partial charge in [0.15, 0.2) is 5.96 Å². The first-order valence-electron chi connectivity index (χ1n) is 10.8. The smallest absolute Gasteiger partial charge is 0.239 e. The lowest BCUT2D eigenvalue weighted by molar-refractivity contribution is -0.133. The van der Waals surface area contributed by atoms with Crippen molar-refractivity contribution in [2.45, 2.75) is 37.8 Å². The first-order valence-corrected chi connectivity index (χ1v) is 10.8. The number of carbonyl (C=O) groups excluding carboxylic acids is 2. The molecule has 0 bridgehead atoms. The molecule has 0 spiro atoms. The number of likely N-dealkylation sites (N-methyl/N-ethyl adjacent to an activating group) is 1. The monoisotopic (exact) mass is 542 g/mol. The summed E-state index contributed by atoms with van der Waals surface area (Å²) in [6, 6.07) is 9.81. The maximum absolute atomic E-state index is 12.4. The maximum Gasteiger partial charge on any atom is 0.239 e. The predicted octanol–water partition coefficient (Wildman–Crippen LogP) is 1.52. The summed E-state index contributed by atoms with van der Waals surface area (Å²) < 4.78 is 0. The minimum Gasteiger partial charge on any atom is -0.356 e. The Labute approximate surface area is 202 Å². The second-order valence-electron chi connectivity index (χ2n) is 8.16. The van der Waals surface area contributed by atoms with Crippen LogP contribution in [0.4, 0.5) is 5.69 Å². The molecule has 2 aliphatic heterocycles. The van der Waals surface area contributed by atoms with Crippen LogP contribution < -0.4 is 15.5 Å². The Bertz CT molecular complexity index is 758. The van der Waals surface area contributed by atoms with Crippen LogP contribution in [-0.4, -0.2) is 87.0 Å². The molecular formula is C22H35IN6O2. The van der Waals surface area contributed by atoms with E-state index in [-0.39, 0.29) is 47.9 Å². The van der Waals surface area contributed by atoms with Crippen LogP contribution in [0, 0.1) is 0 Å². The Morgan fingerprint density at radius 3 is 2.68 bits per heavy atom. The zero-order valence-electron chi connectivity index (χ0n) is 18.7. The average Bonchev–Trinajstić information content (AvgIpc) is 3.36. The molecule has 2 aliphatic rings. The lowest BCUT2D eigenvalue weighted by atomic mass is 10.2. The van der Waals surface area contributed by atoms with E-state index in [1.54, 1.807) is 11.9 Å². The molecule has 1 aromatic rings. The van der Waals surface area contributed by atoms with Crippen molar-refractivity contribution in [3.8, 4) is 0 Å². The topological polar surface area (TPSA) is 80.3 Å². The van der Waals surface area contributed by atoms with Crippen LogP contribution >= 0.6 is 24.0 Å². The highest BCUT2D eigenvalue weighted by molar-refractivity contribution is 14.0. The molecule has 2 saturated heterocycles. The van der Waals surface area contributed by atoms with Gasteiger partial charge >= 0.3 is 0 Å². The van der Waals surface area contributed by atoms with Crippen molar-refractivity contribution >= 4 is 47.4 Å². The largest absolute Gasteiger partial charge is 0.356 e. The lowest BCUT2D eigenvalue weighted by Crippen LogP contribution is -2.46. The SMILES string of the molecule is CN=C(NCCCN1CCCC1C(=O)N(C)C)NC1CC(=O)N(c2ccccc2)C1.I. The molecule has 2 fully saturated rings. The molecule has 2 heterocycles.